The Morgan fingerprint density at radius 3 is 3.15 bits per heavy atom. The van der Waals surface area contributed by atoms with Gasteiger partial charge in [-0.05, 0) is 52.5 Å². The summed E-state index contributed by atoms with van der Waals surface area (Å²) in [6.45, 7) is 1.80. The minimum absolute atomic E-state index is 0.588. The third-order valence-corrected chi connectivity index (χ3v) is 4.19. The highest BCUT2D eigenvalue weighted by Crippen LogP contribution is 2.24. The number of fused-ring (bicyclic) bond motifs is 4. The van der Waals surface area contributed by atoms with Gasteiger partial charge < -0.3 is 10.6 Å². The normalized spacial score (nSPS) is 15.1. The molecule has 7 heteroatoms. The van der Waals surface area contributed by atoms with Crippen molar-refractivity contribution in [2.24, 2.45) is 0 Å². The second kappa shape index (κ2) is 6.43. The molecule has 0 atom stereocenters. The van der Waals surface area contributed by atoms with Crippen LogP contribution in [0, 0.1) is 0 Å². The molecule has 0 spiro atoms. The van der Waals surface area contributed by atoms with Crippen molar-refractivity contribution in [1.82, 2.24) is 14.7 Å². The Morgan fingerprint density at radius 2 is 2.20 bits per heavy atom. The lowest BCUT2D eigenvalue weighted by molar-refractivity contribution is 0.829. The molecule has 4 bridgehead atoms. The summed E-state index contributed by atoms with van der Waals surface area (Å²) in [5, 5.41) is 6.54. The molecule has 0 radical (unpaired) electrons. The Labute approximate surface area is 130 Å². The fraction of sp³-hybridized carbons (Fsp3) is 0.231. The van der Waals surface area contributed by atoms with Crippen molar-refractivity contribution in [3.05, 3.63) is 34.9 Å². The average molecular weight is 352 g/mol. The predicted molar refractivity (Wildman–Crippen MR) is 86.4 cm³/mol. The largest absolute Gasteiger partial charge is 0.369 e. The smallest absolute Gasteiger partial charge is 0.229 e. The summed E-state index contributed by atoms with van der Waals surface area (Å²) in [4.78, 5) is 9.93. The number of aromatic nitrogens is 2. The number of nitrogens with one attached hydrogen (secondary N) is 3. The predicted octanol–water partition coefficient (Wildman–Crippen LogP) is 3.40. The van der Waals surface area contributed by atoms with E-state index in [9.17, 15) is 0 Å². The van der Waals surface area contributed by atoms with E-state index in [1.54, 1.807) is 18.1 Å². The van der Waals surface area contributed by atoms with Crippen molar-refractivity contribution in [3.63, 3.8) is 0 Å². The van der Waals surface area contributed by atoms with Crippen molar-refractivity contribution < 1.29 is 0 Å². The number of hydrogen-bond acceptors (Lipinski definition) is 6. The molecule has 5 nitrogen and oxygen atoms in total. The molecule has 1 aliphatic rings. The van der Waals surface area contributed by atoms with Crippen LogP contribution >= 0.6 is 27.9 Å². The minimum atomic E-state index is 0.588. The Hall–Kier alpha value is -1.31. The molecule has 0 fully saturated rings. The lowest BCUT2D eigenvalue weighted by Gasteiger charge is -2.09. The van der Waals surface area contributed by atoms with Gasteiger partial charge in [0, 0.05) is 29.9 Å². The van der Waals surface area contributed by atoms with Crippen LogP contribution in [0.2, 0.25) is 0 Å². The quantitative estimate of drug-likeness (QED) is 0.632. The van der Waals surface area contributed by atoms with E-state index in [2.05, 4.69) is 53.4 Å². The highest BCUT2D eigenvalue weighted by molar-refractivity contribution is 9.10. The van der Waals surface area contributed by atoms with Crippen molar-refractivity contribution in [1.29, 1.82) is 0 Å². The van der Waals surface area contributed by atoms with E-state index in [1.807, 2.05) is 12.1 Å². The molecule has 0 aliphatic carbocycles. The maximum absolute atomic E-state index is 4.48. The van der Waals surface area contributed by atoms with Crippen LogP contribution in [0.1, 0.15) is 6.42 Å². The van der Waals surface area contributed by atoms with E-state index in [0.29, 0.717) is 5.95 Å². The topological polar surface area (TPSA) is 61.9 Å². The third-order valence-electron chi connectivity index (χ3n) is 2.77. The second-order valence-electron chi connectivity index (χ2n) is 4.32. The number of nitrogens with zero attached hydrogens (tertiary/aromatic N) is 2. The molecule has 0 saturated heterocycles. The Bertz CT molecular complexity index is 607. The van der Waals surface area contributed by atoms with Gasteiger partial charge in [-0.1, -0.05) is 6.07 Å². The number of halogens is 1. The van der Waals surface area contributed by atoms with Crippen molar-refractivity contribution in [3.8, 4) is 0 Å². The van der Waals surface area contributed by atoms with E-state index in [4.69, 9.17) is 0 Å². The van der Waals surface area contributed by atoms with E-state index >= 15 is 0 Å². The first-order valence-electron chi connectivity index (χ1n) is 6.34. The third kappa shape index (κ3) is 3.41. The Morgan fingerprint density at radius 1 is 1.25 bits per heavy atom. The molecule has 3 N–H and O–H groups in total. The summed E-state index contributed by atoms with van der Waals surface area (Å²) < 4.78 is 4.23. The molecule has 0 saturated carbocycles. The summed E-state index contributed by atoms with van der Waals surface area (Å²) in [5.74, 6) is 1.40. The van der Waals surface area contributed by atoms with Gasteiger partial charge in [0.1, 0.15) is 5.82 Å². The van der Waals surface area contributed by atoms with Crippen LogP contribution in [0.25, 0.3) is 0 Å². The molecule has 0 amide bonds. The zero-order valence-electron chi connectivity index (χ0n) is 10.7. The molecule has 20 heavy (non-hydrogen) atoms. The van der Waals surface area contributed by atoms with E-state index in [0.717, 1.165) is 35.5 Å². The fourth-order valence-corrected chi connectivity index (χ4v) is 2.90. The van der Waals surface area contributed by atoms with Gasteiger partial charge in [0.2, 0.25) is 5.95 Å². The van der Waals surface area contributed by atoms with Gasteiger partial charge in [-0.3, -0.25) is 4.72 Å². The summed E-state index contributed by atoms with van der Waals surface area (Å²) in [5.41, 5.74) is 0.976. The lowest BCUT2D eigenvalue weighted by Crippen LogP contribution is -2.12. The van der Waals surface area contributed by atoms with Gasteiger partial charge in [-0.2, -0.15) is 4.98 Å². The molecular formula is C13H14BrN5S. The van der Waals surface area contributed by atoms with Gasteiger partial charge in [0.05, 0.1) is 4.47 Å². The monoisotopic (exact) mass is 351 g/mol. The van der Waals surface area contributed by atoms with Gasteiger partial charge in [0.15, 0.2) is 0 Å². The summed E-state index contributed by atoms with van der Waals surface area (Å²) in [6.07, 6.45) is 2.78. The molecule has 104 valence electrons. The van der Waals surface area contributed by atoms with Crippen LogP contribution in [-0.4, -0.2) is 23.1 Å². The Kier molecular flexibility index (Phi) is 4.39. The van der Waals surface area contributed by atoms with Crippen LogP contribution in [0.4, 0.5) is 17.5 Å². The highest BCUT2D eigenvalue weighted by atomic mass is 79.9. The van der Waals surface area contributed by atoms with Crippen LogP contribution < -0.4 is 15.4 Å². The maximum Gasteiger partial charge on any atom is 0.229 e. The van der Waals surface area contributed by atoms with Gasteiger partial charge in [0.25, 0.3) is 0 Å². The number of rotatable bonds is 0. The summed E-state index contributed by atoms with van der Waals surface area (Å²) in [6, 6.07) is 8.18. The number of anilines is 3. The first kappa shape index (κ1) is 13.7. The second-order valence-corrected chi connectivity index (χ2v) is 6.14. The Balaban J connectivity index is 1.93. The van der Waals surface area contributed by atoms with Crippen LogP contribution in [0.15, 0.2) is 39.8 Å². The van der Waals surface area contributed by atoms with Crippen LogP contribution in [0.5, 0.6) is 0 Å². The molecule has 1 aliphatic heterocycles. The number of hydrogen-bond donors (Lipinski definition) is 3. The highest BCUT2D eigenvalue weighted by Gasteiger charge is 2.06. The fourth-order valence-electron chi connectivity index (χ4n) is 1.82. The molecule has 0 unspecified atom stereocenters. The molecular weight excluding hydrogens is 338 g/mol. The van der Waals surface area contributed by atoms with Gasteiger partial charge >= 0.3 is 0 Å². The summed E-state index contributed by atoms with van der Waals surface area (Å²) in [7, 11) is 0. The first-order chi connectivity index (χ1) is 9.81. The molecule has 1 aromatic heterocycles. The zero-order valence-corrected chi connectivity index (χ0v) is 13.1. The molecule has 1 aromatic carbocycles. The van der Waals surface area contributed by atoms with Crippen molar-refractivity contribution in [2.75, 3.05) is 23.7 Å². The van der Waals surface area contributed by atoms with Gasteiger partial charge in [-0.25, -0.2) is 4.98 Å². The van der Waals surface area contributed by atoms with Gasteiger partial charge in [-0.15, -0.1) is 0 Å². The van der Waals surface area contributed by atoms with Crippen LogP contribution in [-0.2, 0) is 0 Å². The van der Waals surface area contributed by atoms with Crippen LogP contribution in [0.3, 0.4) is 0 Å². The molecule has 2 heterocycles. The number of benzene rings is 1. The standard InChI is InChI=1S/C13H14BrN5S/c14-11-8-16-13-18-9-3-1-4-10(7-9)20-17-6-2-5-15-12(11)19-13/h1,3-4,7-8,17H,2,5-6H2,(H2,15,16,18,19). The SMILES string of the molecule is Brc1cnc2nc1NCCCNSc1cccc(c1)N2. The van der Waals surface area contributed by atoms with Crippen molar-refractivity contribution in [2.45, 2.75) is 11.3 Å². The zero-order chi connectivity index (χ0) is 13.8. The molecule has 3 rings (SSSR count). The lowest BCUT2D eigenvalue weighted by atomic mass is 10.3. The average Bonchev–Trinajstić information content (AvgIpc) is 2.46. The van der Waals surface area contributed by atoms with Crippen molar-refractivity contribution >= 4 is 45.3 Å². The first-order valence-corrected chi connectivity index (χ1v) is 7.95. The molecule has 2 aromatic rings. The van der Waals surface area contributed by atoms with E-state index < -0.39 is 0 Å². The maximum atomic E-state index is 4.48. The summed E-state index contributed by atoms with van der Waals surface area (Å²) >= 11 is 5.10. The van der Waals surface area contributed by atoms with E-state index in [-0.39, 0.29) is 0 Å². The van der Waals surface area contributed by atoms with E-state index in [1.165, 1.54) is 4.90 Å². The minimum Gasteiger partial charge on any atom is -0.369 e.